The van der Waals surface area contributed by atoms with Crippen molar-refractivity contribution in [2.45, 2.75) is 19.3 Å². The average Bonchev–Trinajstić information content (AvgIpc) is 3.15. The molecule has 0 saturated heterocycles. The maximum atomic E-state index is 13.2. The van der Waals surface area contributed by atoms with Crippen LogP contribution in [0.15, 0.2) is 60.8 Å². The predicted octanol–water partition coefficient (Wildman–Crippen LogP) is 2.87. The molecular formula is C24H21F2N5O5. The van der Waals surface area contributed by atoms with Gasteiger partial charge in [0, 0.05) is 43.1 Å². The van der Waals surface area contributed by atoms with Crippen LogP contribution in [0.4, 0.5) is 20.2 Å². The number of anilines is 2. The van der Waals surface area contributed by atoms with Crippen molar-refractivity contribution in [1.82, 2.24) is 10.3 Å². The van der Waals surface area contributed by atoms with Gasteiger partial charge in [0.05, 0.1) is 5.56 Å². The van der Waals surface area contributed by atoms with Crippen LogP contribution < -0.4 is 31.2 Å². The Morgan fingerprint density at radius 3 is 2.56 bits per heavy atom. The van der Waals surface area contributed by atoms with Crippen LogP contribution in [-0.2, 0) is 11.3 Å². The number of benzene rings is 2. The second-order valence-electron chi connectivity index (χ2n) is 7.70. The summed E-state index contributed by atoms with van der Waals surface area (Å²) in [6.45, 7) is 0.375. The van der Waals surface area contributed by atoms with Gasteiger partial charge in [-0.15, -0.1) is 8.78 Å². The van der Waals surface area contributed by atoms with E-state index in [1.807, 2.05) is 0 Å². The van der Waals surface area contributed by atoms with E-state index < -0.39 is 24.0 Å². The number of nitrogens with zero attached hydrogens (tertiary/aromatic N) is 1. The topological polar surface area (TPSA) is 145 Å². The van der Waals surface area contributed by atoms with Gasteiger partial charge in [0.1, 0.15) is 5.69 Å². The number of carbonyl (C=O) groups is 3. The van der Waals surface area contributed by atoms with Crippen molar-refractivity contribution in [2.24, 2.45) is 5.73 Å². The van der Waals surface area contributed by atoms with Gasteiger partial charge in [-0.3, -0.25) is 19.4 Å². The molecule has 0 atom stereocenters. The summed E-state index contributed by atoms with van der Waals surface area (Å²) in [5.41, 5.74) is 7.00. The molecule has 0 aliphatic carbocycles. The first-order valence-corrected chi connectivity index (χ1v) is 10.8. The Morgan fingerprint density at radius 1 is 0.972 bits per heavy atom. The summed E-state index contributed by atoms with van der Waals surface area (Å²) in [5, 5.41) is 8.36. The lowest BCUT2D eigenvalue weighted by Gasteiger charge is -2.13. The van der Waals surface area contributed by atoms with Gasteiger partial charge in [-0.05, 0) is 42.0 Å². The van der Waals surface area contributed by atoms with Gasteiger partial charge >= 0.3 is 6.29 Å². The Kier molecular flexibility index (Phi) is 6.95. The molecule has 12 heteroatoms. The van der Waals surface area contributed by atoms with Gasteiger partial charge < -0.3 is 31.2 Å². The largest absolute Gasteiger partial charge is 0.586 e. The van der Waals surface area contributed by atoms with Crippen LogP contribution >= 0.6 is 0 Å². The van der Waals surface area contributed by atoms with Gasteiger partial charge in [0.25, 0.3) is 11.8 Å². The Bertz CT molecular complexity index is 1320. The minimum atomic E-state index is -3.75. The molecule has 1 aromatic heterocycles. The fraction of sp³-hybridized carbons (Fsp3) is 0.167. The lowest BCUT2D eigenvalue weighted by atomic mass is 10.1. The number of pyridine rings is 1. The van der Waals surface area contributed by atoms with E-state index in [1.165, 1.54) is 24.4 Å². The molecule has 36 heavy (non-hydrogen) atoms. The molecule has 0 bridgehead atoms. The molecule has 2 aromatic carbocycles. The number of alkyl halides is 2. The van der Waals surface area contributed by atoms with Crippen LogP contribution in [0.3, 0.4) is 0 Å². The molecule has 0 radical (unpaired) electrons. The van der Waals surface area contributed by atoms with Crippen molar-refractivity contribution < 1.29 is 32.6 Å². The number of hydrogen-bond acceptors (Lipinski definition) is 7. The molecule has 2 heterocycles. The molecule has 1 aliphatic heterocycles. The number of amides is 3. The van der Waals surface area contributed by atoms with E-state index in [1.54, 1.807) is 36.4 Å². The number of carbonyl (C=O) groups excluding carboxylic acids is 3. The van der Waals surface area contributed by atoms with E-state index in [4.69, 9.17) is 5.73 Å². The van der Waals surface area contributed by atoms with Gasteiger partial charge in [-0.25, -0.2) is 0 Å². The van der Waals surface area contributed by atoms with Crippen molar-refractivity contribution in [3.63, 3.8) is 0 Å². The zero-order valence-corrected chi connectivity index (χ0v) is 18.7. The molecule has 4 rings (SSSR count). The summed E-state index contributed by atoms with van der Waals surface area (Å²) >= 11 is 0. The molecule has 1 aliphatic rings. The van der Waals surface area contributed by atoms with Crippen LogP contribution in [0.5, 0.6) is 11.5 Å². The Morgan fingerprint density at radius 2 is 1.75 bits per heavy atom. The first kappa shape index (κ1) is 24.4. The highest BCUT2D eigenvalue weighted by molar-refractivity contribution is 6.08. The van der Waals surface area contributed by atoms with Gasteiger partial charge in [0.2, 0.25) is 5.91 Å². The van der Waals surface area contributed by atoms with Crippen LogP contribution in [0, 0.1) is 0 Å². The lowest BCUT2D eigenvalue weighted by molar-refractivity contribution is -0.286. The minimum absolute atomic E-state index is 0.0184. The Balaban J connectivity index is 1.40. The Labute approximate surface area is 203 Å². The lowest BCUT2D eigenvalue weighted by Crippen LogP contribution is -2.28. The maximum absolute atomic E-state index is 13.2. The monoisotopic (exact) mass is 497 g/mol. The summed E-state index contributed by atoms with van der Waals surface area (Å²) < 4.78 is 35.3. The molecule has 0 fully saturated rings. The molecular weight excluding hydrogens is 476 g/mol. The normalized spacial score (nSPS) is 13.1. The number of ether oxygens (including phenoxy) is 2. The van der Waals surface area contributed by atoms with Crippen molar-refractivity contribution in [2.75, 3.05) is 17.2 Å². The van der Waals surface area contributed by atoms with Crippen LogP contribution in [0.25, 0.3) is 0 Å². The second-order valence-corrected chi connectivity index (χ2v) is 7.70. The summed E-state index contributed by atoms with van der Waals surface area (Å²) in [6.07, 6.45) is -2.26. The number of nitrogens with two attached hydrogens (primary N) is 1. The number of halogens is 2. The van der Waals surface area contributed by atoms with Crippen molar-refractivity contribution >= 4 is 29.1 Å². The fourth-order valence-corrected chi connectivity index (χ4v) is 3.36. The molecule has 3 amide bonds. The van der Waals surface area contributed by atoms with E-state index in [2.05, 4.69) is 30.4 Å². The number of nitrogens with one attached hydrogen (secondary N) is 3. The zero-order valence-electron chi connectivity index (χ0n) is 18.7. The third-order valence-electron chi connectivity index (χ3n) is 5.03. The number of para-hydroxylation sites is 1. The highest BCUT2D eigenvalue weighted by Crippen LogP contribution is 2.42. The number of aromatic nitrogens is 1. The van der Waals surface area contributed by atoms with Gasteiger partial charge in [-0.2, -0.15) is 0 Å². The zero-order chi connectivity index (χ0) is 25.7. The summed E-state index contributed by atoms with van der Waals surface area (Å²) in [5.74, 6) is -1.76. The molecule has 0 unspecified atom stereocenters. The fourth-order valence-electron chi connectivity index (χ4n) is 3.36. The third-order valence-corrected chi connectivity index (χ3v) is 5.03. The van der Waals surface area contributed by atoms with Crippen molar-refractivity contribution in [3.05, 3.63) is 77.6 Å². The molecule has 10 nitrogen and oxygen atoms in total. The number of primary amides is 1. The van der Waals surface area contributed by atoms with Crippen LogP contribution in [0.2, 0.25) is 0 Å². The quantitative estimate of drug-likeness (QED) is 0.356. The summed E-state index contributed by atoms with van der Waals surface area (Å²) in [4.78, 5) is 40.0. The standard InChI is InChI=1S/C24H21F2N5O5/c25-24(26)35-19-6-5-15(12-20(19)36-24)31-22(33)16-3-1-2-4-17(16)30-13-14-7-9-28-18(11-14)23(34)29-10-8-21(27)32/h1-7,9,11-12,30H,8,10,13H2,(H2,27,32)(H,29,34)(H,31,33). The summed E-state index contributed by atoms with van der Waals surface area (Å²) in [7, 11) is 0. The van der Waals surface area contributed by atoms with E-state index in [-0.39, 0.29) is 42.4 Å². The van der Waals surface area contributed by atoms with Crippen molar-refractivity contribution in [1.29, 1.82) is 0 Å². The van der Waals surface area contributed by atoms with Gasteiger partial charge in [-0.1, -0.05) is 12.1 Å². The van der Waals surface area contributed by atoms with Crippen LogP contribution in [0.1, 0.15) is 32.8 Å². The van der Waals surface area contributed by atoms with Gasteiger partial charge in [0.15, 0.2) is 11.5 Å². The maximum Gasteiger partial charge on any atom is 0.586 e. The first-order chi connectivity index (χ1) is 17.2. The van der Waals surface area contributed by atoms with E-state index in [0.29, 0.717) is 11.3 Å². The van der Waals surface area contributed by atoms with E-state index in [0.717, 1.165) is 5.56 Å². The number of fused-ring (bicyclic) bond motifs is 1. The summed E-state index contributed by atoms with van der Waals surface area (Å²) in [6, 6.07) is 14.0. The molecule has 5 N–H and O–H groups in total. The minimum Gasteiger partial charge on any atom is -0.395 e. The smallest absolute Gasteiger partial charge is 0.395 e. The SMILES string of the molecule is NC(=O)CCNC(=O)c1cc(CNc2ccccc2C(=O)Nc2ccc3c(c2)OC(F)(F)O3)ccn1. The highest BCUT2D eigenvalue weighted by atomic mass is 19.3. The Hall–Kier alpha value is -4.74. The van der Waals surface area contributed by atoms with Crippen LogP contribution in [-0.4, -0.2) is 35.5 Å². The molecule has 3 aromatic rings. The van der Waals surface area contributed by atoms with Crippen molar-refractivity contribution in [3.8, 4) is 11.5 Å². The molecule has 0 spiro atoms. The molecule has 186 valence electrons. The number of rotatable bonds is 9. The highest BCUT2D eigenvalue weighted by Gasteiger charge is 2.43. The van der Waals surface area contributed by atoms with E-state index in [9.17, 15) is 23.2 Å². The molecule has 0 saturated carbocycles. The third kappa shape index (κ3) is 6.03. The predicted molar refractivity (Wildman–Crippen MR) is 125 cm³/mol. The second kappa shape index (κ2) is 10.3. The first-order valence-electron chi connectivity index (χ1n) is 10.8. The average molecular weight is 497 g/mol. The number of hydrogen-bond donors (Lipinski definition) is 4. The van der Waals surface area contributed by atoms with E-state index >= 15 is 0 Å².